The standard InChI is InChI=1S/C10H9N5O4S/c1-2-14-10(11-12-13-14)20-8-4-3-6(15(18)19)5-7(8)9(16)17/h3-5H,2H2,1H3,(H,16,17). The maximum absolute atomic E-state index is 11.2. The number of benzene rings is 1. The van der Waals surface area contributed by atoms with Crippen molar-refractivity contribution in [3.63, 3.8) is 0 Å². The average Bonchev–Trinajstić information content (AvgIpc) is 2.85. The highest BCUT2D eigenvalue weighted by molar-refractivity contribution is 7.99. The molecule has 0 bridgehead atoms. The van der Waals surface area contributed by atoms with Crippen LogP contribution in [0.3, 0.4) is 0 Å². The van der Waals surface area contributed by atoms with Crippen molar-refractivity contribution < 1.29 is 14.8 Å². The van der Waals surface area contributed by atoms with E-state index in [9.17, 15) is 14.9 Å². The number of aryl methyl sites for hydroxylation is 1. The summed E-state index contributed by atoms with van der Waals surface area (Å²) < 4.78 is 1.50. The van der Waals surface area contributed by atoms with E-state index in [0.29, 0.717) is 16.6 Å². The van der Waals surface area contributed by atoms with Gasteiger partial charge in [-0.3, -0.25) is 10.1 Å². The molecule has 10 heteroatoms. The second-order valence-electron chi connectivity index (χ2n) is 3.62. The van der Waals surface area contributed by atoms with E-state index in [1.807, 2.05) is 6.92 Å². The van der Waals surface area contributed by atoms with Crippen LogP contribution in [0.4, 0.5) is 5.69 Å². The topological polar surface area (TPSA) is 124 Å². The number of aromatic carboxylic acids is 1. The lowest BCUT2D eigenvalue weighted by atomic mass is 10.2. The van der Waals surface area contributed by atoms with Crippen LogP contribution in [-0.4, -0.2) is 36.2 Å². The van der Waals surface area contributed by atoms with E-state index in [2.05, 4.69) is 15.5 Å². The lowest BCUT2D eigenvalue weighted by molar-refractivity contribution is -0.384. The van der Waals surface area contributed by atoms with Gasteiger partial charge in [-0.1, -0.05) is 0 Å². The highest BCUT2D eigenvalue weighted by atomic mass is 32.2. The Hall–Kier alpha value is -2.49. The highest BCUT2D eigenvalue weighted by Gasteiger charge is 2.18. The average molecular weight is 295 g/mol. The summed E-state index contributed by atoms with van der Waals surface area (Å²) in [6, 6.07) is 3.64. The van der Waals surface area contributed by atoms with Gasteiger partial charge in [0.25, 0.3) is 5.69 Å². The molecule has 0 saturated heterocycles. The van der Waals surface area contributed by atoms with E-state index in [4.69, 9.17) is 5.11 Å². The van der Waals surface area contributed by atoms with Gasteiger partial charge < -0.3 is 5.11 Å². The van der Waals surface area contributed by atoms with Crippen LogP contribution < -0.4 is 0 Å². The summed E-state index contributed by atoms with van der Waals surface area (Å²) >= 11 is 1.04. The Morgan fingerprint density at radius 2 is 2.30 bits per heavy atom. The van der Waals surface area contributed by atoms with Crippen LogP contribution in [0.15, 0.2) is 28.3 Å². The van der Waals surface area contributed by atoms with Crippen molar-refractivity contribution in [2.75, 3.05) is 0 Å². The Morgan fingerprint density at radius 3 is 2.90 bits per heavy atom. The molecule has 0 spiro atoms. The zero-order valence-electron chi connectivity index (χ0n) is 10.3. The van der Waals surface area contributed by atoms with E-state index in [-0.39, 0.29) is 11.3 Å². The summed E-state index contributed by atoms with van der Waals surface area (Å²) in [5.74, 6) is -1.24. The van der Waals surface area contributed by atoms with Crippen molar-refractivity contribution in [1.29, 1.82) is 0 Å². The number of non-ortho nitro benzene ring substituents is 1. The Labute approximate surface area is 116 Å². The molecule has 0 saturated carbocycles. The molecule has 2 aromatic rings. The molecular weight excluding hydrogens is 286 g/mol. The number of carbonyl (C=O) groups is 1. The summed E-state index contributed by atoms with van der Waals surface area (Å²) in [4.78, 5) is 21.6. The molecule has 0 atom stereocenters. The first-order chi connectivity index (χ1) is 9.52. The summed E-state index contributed by atoms with van der Waals surface area (Å²) in [5, 5.41) is 31.2. The van der Waals surface area contributed by atoms with Gasteiger partial charge in [0.15, 0.2) is 0 Å². The predicted octanol–water partition coefficient (Wildman–Crippen LogP) is 1.45. The zero-order valence-corrected chi connectivity index (χ0v) is 11.1. The van der Waals surface area contributed by atoms with Crippen molar-refractivity contribution in [3.8, 4) is 0 Å². The molecule has 0 unspecified atom stereocenters. The fourth-order valence-electron chi connectivity index (χ4n) is 1.45. The third-order valence-corrected chi connectivity index (χ3v) is 3.46. The Bertz CT molecular complexity index is 671. The summed E-state index contributed by atoms with van der Waals surface area (Å²) in [5.41, 5.74) is -0.434. The summed E-state index contributed by atoms with van der Waals surface area (Å²) in [6.07, 6.45) is 0. The molecule has 1 N–H and O–H groups in total. The fraction of sp³-hybridized carbons (Fsp3) is 0.200. The summed E-state index contributed by atoms with van der Waals surface area (Å²) in [7, 11) is 0. The molecule has 0 aliphatic rings. The van der Waals surface area contributed by atoms with Gasteiger partial charge in [0.1, 0.15) is 0 Å². The van der Waals surface area contributed by atoms with Crippen LogP contribution in [0.2, 0.25) is 0 Å². The second kappa shape index (κ2) is 5.65. The van der Waals surface area contributed by atoms with E-state index < -0.39 is 10.9 Å². The molecule has 0 fully saturated rings. The van der Waals surface area contributed by atoms with Crippen molar-refractivity contribution in [1.82, 2.24) is 20.2 Å². The minimum absolute atomic E-state index is 0.158. The lowest BCUT2D eigenvalue weighted by Gasteiger charge is -2.05. The minimum Gasteiger partial charge on any atom is -0.478 e. The first-order valence-electron chi connectivity index (χ1n) is 5.48. The van der Waals surface area contributed by atoms with Crippen LogP contribution in [-0.2, 0) is 6.54 Å². The number of nitro benzene ring substituents is 1. The van der Waals surface area contributed by atoms with Gasteiger partial charge in [-0.25, -0.2) is 9.48 Å². The van der Waals surface area contributed by atoms with E-state index in [0.717, 1.165) is 17.8 Å². The number of tetrazole rings is 1. The number of aromatic nitrogens is 4. The van der Waals surface area contributed by atoms with Gasteiger partial charge in [-0.2, -0.15) is 0 Å². The number of hydrogen-bond donors (Lipinski definition) is 1. The minimum atomic E-state index is -1.24. The van der Waals surface area contributed by atoms with Crippen molar-refractivity contribution in [2.45, 2.75) is 23.5 Å². The largest absolute Gasteiger partial charge is 0.478 e. The van der Waals surface area contributed by atoms with Gasteiger partial charge >= 0.3 is 5.97 Å². The number of nitrogens with zero attached hydrogens (tertiary/aromatic N) is 5. The number of rotatable bonds is 5. The molecule has 9 nitrogen and oxygen atoms in total. The number of carboxylic acid groups (broad SMARTS) is 1. The molecule has 2 rings (SSSR count). The van der Waals surface area contributed by atoms with Gasteiger partial charge in [0.05, 0.1) is 10.5 Å². The molecule has 0 aliphatic carbocycles. The van der Waals surface area contributed by atoms with Gasteiger partial charge in [0, 0.05) is 23.6 Å². The molecule has 104 valence electrons. The van der Waals surface area contributed by atoms with Crippen LogP contribution >= 0.6 is 11.8 Å². The number of carboxylic acids is 1. The van der Waals surface area contributed by atoms with E-state index >= 15 is 0 Å². The maximum Gasteiger partial charge on any atom is 0.337 e. The van der Waals surface area contributed by atoms with Gasteiger partial charge in [-0.15, -0.1) is 5.10 Å². The van der Waals surface area contributed by atoms with Crippen LogP contribution in [0, 0.1) is 10.1 Å². The van der Waals surface area contributed by atoms with Crippen molar-refractivity contribution in [3.05, 3.63) is 33.9 Å². The summed E-state index contributed by atoms with van der Waals surface area (Å²) in [6.45, 7) is 2.37. The molecule has 1 heterocycles. The van der Waals surface area contributed by atoms with Crippen LogP contribution in [0.25, 0.3) is 0 Å². The Morgan fingerprint density at radius 1 is 1.55 bits per heavy atom. The lowest BCUT2D eigenvalue weighted by Crippen LogP contribution is -2.02. The van der Waals surface area contributed by atoms with Crippen molar-refractivity contribution >= 4 is 23.4 Å². The quantitative estimate of drug-likeness (QED) is 0.649. The molecule has 1 aromatic carbocycles. The maximum atomic E-state index is 11.2. The van der Waals surface area contributed by atoms with Gasteiger partial charge in [-0.05, 0) is 35.2 Å². The highest BCUT2D eigenvalue weighted by Crippen LogP contribution is 2.31. The first-order valence-corrected chi connectivity index (χ1v) is 6.30. The Kier molecular flexibility index (Phi) is 3.94. The third kappa shape index (κ3) is 2.74. The molecular formula is C10H9N5O4S. The number of hydrogen-bond acceptors (Lipinski definition) is 7. The fourth-order valence-corrected chi connectivity index (χ4v) is 2.39. The van der Waals surface area contributed by atoms with Crippen LogP contribution in [0.5, 0.6) is 0 Å². The molecule has 20 heavy (non-hydrogen) atoms. The monoisotopic (exact) mass is 295 g/mol. The van der Waals surface area contributed by atoms with Crippen LogP contribution in [0.1, 0.15) is 17.3 Å². The smallest absolute Gasteiger partial charge is 0.337 e. The molecule has 0 radical (unpaired) electrons. The molecule has 1 aromatic heterocycles. The molecule has 0 amide bonds. The Balaban J connectivity index is 2.41. The van der Waals surface area contributed by atoms with E-state index in [1.54, 1.807) is 0 Å². The van der Waals surface area contributed by atoms with Crippen molar-refractivity contribution in [2.24, 2.45) is 0 Å². The number of nitro groups is 1. The normalized spacial score (nSPS) is 10.4. The second-order valence-corrected chi connectivity index (χ2v) is 4.63. The van der Waals surface area contributed by atoms with Gasteiger partial charge in [0.2, 0.25) is 5.16 Å². The predicted molar refractivity (Wildman–Crippen MR) is 67.7 cm³/mol. The molecule has 0 aliphatic heterocycles. The third-order valence-electron chi connectivity index (χ3n) is 2.40. The first kappa shape index (κ1) is 13.9. The zero-order chi connectivity index (χ0) is 14.7. The van der Waals surface area contributed by atoms with E-state index in [1.165, 1.54) is 16.8 Å². The SMILES string of the molecule is CCn1nnnc1Sc1ccc([N+](=O)[O-])cc1C(=O)O.